The minimum absolute atomic E-state index is 0.0834. The molecule has 1 N–H and O–H groups in total. The van der Waals surface area contributed by atoms with Crippen LogP contribution in [0.4, 0.5) is 13.2 Å². The van der Waals surface area contributed by atoms with E-state index in [1.54, 1.807) is 6.92 Å². The van der Waals surface area contributed by atoms with Crippen molar-refractivity contribution in [2.45, 2.75) is 11.8 Å². The summed E-state index contributed by atoms with van der Waals surface area (Å²) in [7, 11) is -4.28. The molecule has 1 aromatic carbocycles. The highest BCUT2D eigenvalue weighted by atomic mass is 32.2. The first-order valence-electron chi connectivity index (χ1n) is 6.02. The van der Waals surface area contributed by atoms with Crippen LogP contribution < -0.4 is 0 Å². The third kappa shape index (κ3) is 2.75. The SMILES string of the molecule is C[C@@H]1CN(S(=O)(=O)c2cc(F)c(F)c(F)c2)C[C@H]1C(=O)O. The molecule has 2 rings (SSSR count). The topological polar surface area (TPSA) is 74.7 Å². The molecule has 0 amide bonds. The van der Waals surface area contributed by atoms with Gasteiger partial charge in [0.2, 0.25) is 10.0 Å². The molecule has 5 nitrogen and oxygen atoms in total. The molecule has 0 aliphatic carbocycles. The van der Waals surface area contributed by atoms with Crippen LogP contribution in [0.15, 0.2) is 17.0 Å². The zero-order valence-electron chi connectivity index (χ0n) is 10.9. The fourth-order valence-corrected chi connectivity index (χ4v) is 3.86. The summed E-state index contributed by atoms with van der Waals surface area (Å²) < 4.78 is 64.5. The summed E-state index contributed by atoms with van der Waals surface area (Å²) in [6, 6.07) is 0.763. The lowest BCUT2D eigenvalue weighted by atomic mass is 9.99. The predicted molar refractivity (Wildman–Crippen MR) is 65.4 cm³/mol. The van der Waals surface area contributed by atoms with Crippen LogP contribution in [-0.4, -0.2) is 36.9 Å². The van der Waals surface area contributed by atoms with E-state index in [0.717, 1.165) is 4.31 Å². The average molecular weight is 323 g/mol. The third-order valence-corrected chi connectivity index (χ3v) is 5.30. The van der Waals surface area contributed by atoms with Crippen molar-refractivity contribution in [3.05, 3.63) is 29.6 Å². The van der Waals surface area contributed by atoms with Gasteiger partial charge in [0.25, 0.3) is 0 Å². The van der Waals surface area contributed by atoms with Crippen LogP contribution in [0, 0.1) is 29.3 Å². The number of benzene rings is 1. The summed E-state index contributed by atoms with van der Waals surface area (Å²) in [6.07, 6.45) is 0. The van der Waals surface area contributed by atoms with Crippen LogP contribution in [0.25, 0.3) is 0 Å². The smallest absolute Gasteiger partial charge is 0.308 e. The van der Waals surface area contributed by atoms with Gasteiger partial charge in [-0.05, 0) is 18.1 Å². The second kappa shape index (κ2) is 5.30. The number of hydrogen-bond donors (Lipinski definition) is 1. The van der Waals surface area contributed by atoms with Crippen LogP contribution in [0.1, 0.15) is 6.92 Å². The standard InChI is InChI=1S/C12H12F3NO4S/c1-6-4-16(5-8(6)12(17)18)21(19,20)7-2-9(13)11(15)10(14)3-7/h2-3,6,8H,4-5H2,1H3,(H,17,18)/t6-,8-/m1/s1. The molecule has 0 unspecified atom stereocenters. The number of carbonyl (C=O) groups is 1. The number of carboxylic acid groups (broad SMARTS) is 1. The molecule has 1 saturated heterocycles. The van der Waals surface area contributed by atoms with E-state index >= 15 is 0 Å². The molecule has 1 aromatic rings. The zero-order chi connectivity index (χ0) is 15.9. The van der Waals surface area contributed by atoms with Gasteiger partial charge in [-0.2, -0.15) is 4.31 Å². The maximum Gasteiger partial charge on any atom is 0.308 e. The molecule has 116 valence electrons. The van der Waals surface area contributed by atoms with Crippen LogP contribution in [0.5, 0.6) is 0 Å². The van der Waals surface area contributed by atoms with Crippen molar-refractivity contribution >= 4 is 16.0 Å². The first kappa shape index (κ1) is 15.8. The summed E-state index contributed by atoms with van der Waals surface area (Å²) >= 11 is 0. The van der Waals surface area contributed by atoms with Crippen molar-refractivity contribution in [3.8, 4) is 0 Å². The molecule has 9 heteroatoms. The second-order valence-corrected chi connectivity index (χ2v) is 6.88. The van der Waals surface area contributed by atoms with E-state index in [2.05, 4.69) is 0 Å². The Labute approximate surface area is 119 Å². The fraction of sp³-hybridized carbons (Fsp3) is 0.417. The Morgan fingerprint density at radius 2 is 1.76 bits per heavy atom. The van der Waals surface area contributed by atoms with Gasteiger partial charge in [0.05, 0.1) is 10.8 Å². The van der Waals surface area contributed by atoms with Crippen LogP contribution in [-0.2, 0) is 14.8 Å². The van der Waals surface area contributed by atoms with E-state index in [9.17, 15) is 26.4 Å². The van der Waals surface area contributed by atoms with Gasteiger partial charge >= 0.3 is 5.97 Å². The lowest BCUT2D eigenvalue weighted by Crippen LogP contribution is -2.30. The van der Waals surface area contributed by atoms with Crippen molar-refractivity contribution < 1.29 is 31.5 Å². The van der Waals surface area contributed by atoms with E-state index in [0.29, 0.717) is 12.1 Å². The summed E-state index contributed by atoms with van der Waals surface area (Å²) in [5.41, 5.74) is 0. The van der Waals surface area contributed by atoms with E-state index in [1.807, 2.05) is 0 Å². The molecule has 0 radical (unpaired) electrons. The number of nitrogens with zero attached hydrogens (tertiary/aromatic N) is 1. The molecular formula is C12H12F3NO4S. The molecule has 0 saturated carbocycles. The molecule has 2 atom stereocenters. The highest BCUT2D eigenvalue weighted by Gasteiger charge is 2.41. The summed E-state index contributed by atoms with van der Waals surface area (Å²) in [5.74, 6) is -7.46. The highest BCUT2D eigenvalue weighted by Crippen LogP contribution is 2.29. The molecule has 1 aliphatic rings. The third-order valence-electron chi connectivity index (χ3n) is 3.49. The van der Waals surface area contributed by atoms with Gasteiger partial charge in [-0.15, -0.1) is 0 Å². The van der Waals surface area contributed by atoms with Crippen molar-refractivity contribution in [2.75, 3.05) is 13.1 Å². The number of hydrogen-bond acceptors (Lipinski definition) is 3. The van der Waals surface area contributed by atoms with Crippen LogP contribution in [0.3, 0.4) is 0 Å². The van der Waals surface area contributed by atoms with E-state index in [4.69, 9.17) is 5.11 Å². The Bertz CT molecular complexity index is 669. The summed E-state index contributed by atoms with van der Waals surface area (Å²) in [6.45, 7) is 1.19. The minimum Gasteiger partial charge on any atom is -0.481 e. The van der Waals surface area contributed by atoms with E-state index in [-0.39, 0.29) is 13.1 Å². The predicted octanol–water partition coefficient (Wildman–Crippen LogP) is 1.45. The summed E-state index contributed by atoms with van der Waals surface area (Å²) in [4.78, 5) is 10.2. The van der Waals surface area contributed by atoms with Gasteiger partial charge in [0, 0.05) is 13.1 Å². The number of halogens is 3. The molecule has 21 heavy (non-hydrogen) atoms. The molecule has 0 spiro atoms. The maximum atomic E-state index is 13.1. The second-order valence-electron chi connectivity index (χ2n) is 4.94. The van der Waals surface area contributed by atoms with Crippen molar-refractivity contribution in [2.24, 2.45) is 11.8 Å². The van der Waals surface area contributed by atoms with Crippen molar-refractivity contribution in [1.29, 1.82) is 0 Å². The molecular weight excluding hydrogens is 311 g/mol. The molecule has 0 aromatic heterocycles. The van der Waals surface area contributed by atoms with E-state index < -0.39 is 50.2 Å². The van der Waals surface area contributed by atoms with Gasteiger partial charge in [-0.3, -0.25) is 4.79 Å². The van der Waals surface area contributed by atoms with Crippen LogP contribution >= 0.6 is 0 Å². The Morgan fingerprint density at radius 1 is 1.24 bits per heavy atom. The minimum atomic E-state index is -4.28. The lowest BCUT2D eigenvalue weighted by molar-refractivity contribution is -0.142. The van der Waals surface area contributed by atoms with Gasteiger partial charge < -0.3 is 5.11 Å². The molecule has 1 aliphatic heterocycles. The number of carboxylic acids is 1. The maximum absolute atomic E-state index is 13.1. The first-order chi connectivity index (χ1) is 9.64. The average Bonchev–Trinajstić information content (AvgIpc) is 2.78. The molecule has 1 heterocycles. The largest absolute Gasteiger partial charge is 0.481 e. The van der Waals surface area contributed by atoms with Crippen molar-refractivity contribution in [1.82, 2.24) is 4.31 Å². The number of rotatable bonds is 3. The zero-order valence-corrected chi connectivity index (χ0v) is 11.7. The van der Waals surface area contributed by atoms with Gasteiger partial charge in [0.15, 0.2) is 17.5 Å². The Morgan fingerprint density at radius 3 is 2.19 bits per heavy atom. The Balaban J connectivity index is 2.38. The lowest BCUT2D eigenvalue weighted by Gasteiger charge is -2.16. The van der Waals surface area contributed by atoms with Gasteiger partial charge in [-0.1, -0.05) is 6.92 Å². The summed E-state index contributed by atoms with van der Waals surface area (Å²) in [5, 5.41) is 8.97. The number of sulfonamides is 1. The first-order valence-corrected chi connectivity index (χ1v) is 7.46. The fourth-order valence-electron chi connectivity index (χ4n) is 2.27. The van der Waals surface area contributed by atoms with Gasteiger partial charge in [0.1, 0.15) is 0 Å². The monoisotopic (exact) mass is 323 g/mol. The number of aliphatic carboxylic acids is 1. The quantitative estimate of drug-likeness (QED) is 0.854. The van der Waals surface area contributed by atoms with Gasteiger partial charge in [-0.25, -0.2) is 21.6 Å². The molecule has 1 fully saturated rings. The van der Waals surface area contributed by atoms with Crippen LogP contribution in [0.2, 0.25) is 0 Å². The van der Waals surface area contributed by atoms with E-state index in [1.165, 1.54) is 0 Å². The normalized spacial score (nSPS) is 23.4. The Hall–Kier alpha value is -1.61. The highest BCUT2D eigenvalue weighted by molar-refractivity contribution is 7.89. The molecule has 0 bridgehead atoms. The Kier molecular flexibility index (Phi) is 3.98. The van der Waals surface area contributed by atoms with Crippen molar-refractivity contribution in [3.63, 3.8) is 0 Å².